The number of hydrogen-bond donors (Lipinski definition) is 2. The van der Waals surface area contributed by atoms with Gasteiger partial charge in [0, 0.05) is 25.7 Å². The SMILES string of the molecule is COc1ccc2nc(N3CCCC(C(=O)NCCc4ccc(OC)c(OC)c4)C3)[nH]c2c1. The number of amides is 1. The number of nitrogens with zero attached hydrogens (tertiary/aromatic N) is 2. The summed E-state index contributed by atoms with van der Waals surface area (Å²) in [5.41, 5.74) is 2.91. The van der Waals surface area contributed by atoms with Gasteiger partial charge < -0.3 is 29.4 Å². The molecule has 2 N–H and O–H groups in total. The number of aromatic nitrogens is 2. The fourth-order valence-electron chi connectivity index (χ4n) is 4.15. The Kier molecular flexibility index (Phi) is 6.68. The predicted molar refractivity (Wildman–Crippen MR) is 124 cm³/mol. The Morgan fingerprint density at radius 1 is 1.12 bits per heavy atom. The topological polar surface area (TPSA) is 88.7 Å². The maximum atomic E-state index is 12.8. The number of H-pyrrole nitrogens is 1. The van der Waals surface area contributed by atoms with E-state index in [2.05, 4.69) is 15.2 Å². The van der Waals surface area contributed by atoms with Crippen LogP contribution in [-0.4, -0.2) is 56.8 Å². The van der Waals surface area contributed by atoms with Crippen molar-refractivity contribution >= 4 is 22.9 Å². The number of piperidine rings is 1. The van der Waals surface area contributed by atoms with Crippen molar-refractivity contribution in [1.29, 1.82) is 0 Å². The first-order valence-electron chi connectivity index (χ1n) is 10.9. The summed E-state index contributed by atoms with van der Waals surface area (Å²) >= 11 is 0. The smallest absolute Gasteiger partial charge is 0.224 e. The van der Waals surface area contributed by atoms with Gasteiger partial charge in [0.1, 0.15) is 5.75 Å². The minimum Gasteiger partial charge on any atom is -0.497 e. The van der Waals surface area contributed by atoms with Gasteiger partial charge in [0.05, 0.1) is 38.3 Å². The van der Waals surface area contributed by atoms with Gasteiger partial charge in [-0.1, -0.05) is 6.07 Å². The summed E-state index contributed by atoms with van der Waals surface area (Å²) in [4.78, 5) is 23.0. The largest absolute Gasteiger partial charge is 0.497 e. The van der Waals surface area contributed by atoms with E-state index in [0.717, 1.165) is 54.1 Å². The second-order valence-corrected chi connectivity index (χ2v) is 7.96. The molecule has 1 fully saturated rings. The highest BCUT2D eigenvalue weighted by molar-refractivity contribution is 5.81. The number of nitrogens with one attached hydrogen (secondary N) is 2. The van der Waals surface area contributed by atoms with Crippen LogP contribution in [0.3, 0.4) is 0 Å². The van der Waals surface area contributed by atoms with Crippen molar-refractivity contribution in [3.05, 3.63) is 42.0 Å². The first-order chi connectivity index (χ1) is 15.6. The molecule has 0 radical (unpaired) electrons. The molecule has 0 saturated carbocycles. The highest BCUT2D eigenvalue weighted by Crippen LogP contribution is 2.28. The van der Waals surface area contributed by atoms with Crippen LogP contribution in [0.15, 0.2) is 36.4 Å². The molecule has 8 nitrogen and oxygen atoms in total. The van der Waals surface area contributed by atoms with Gasteiger partial charge in [-0.05, 0) is 49.1 Å². The summed E-state index contributed by atoms with van der Waals surface area (Å²) in [7, 11) is 4.89. The van der Waals surface area contributed by atoms with E-state index in [4.69, 9.17) is 19.2 Å². The van der Waals surface area contributed by atoms with Crippen LogP contribution in [0.1, 0.15) is 18.4 Å². The molecule has 1 aliphatic heterocycles. The van der Waals surface area contributed by atoms with Gasteiger partial charge in [0.15, 0.2) is 11.5 Å². The summed E-state index contributed by atoms with van der Waals surface area (Å²) < 4.78 is 15.9. The number of methoxy groups -OCH3 is 3. The zero-order chi connectivity index (χ0) is 22.5. The molecule has 0 spiro atoms. The Bertz CT molecular complexity index is 1080. The third-order valence-corrected chi connectivity index (χ3v) is 5.93. The molecule has 1 saturated heterocycles. The monoisotopic (exact) mass is 438 g/mol. The number of rotatable bonds is 8. The summed E-state index contributed by atoms with van der Waals surface area (Å²) in [5, 5.41) is 3.10. The summed E-state index contributed by atoms with van der Waals surface area (Å²) in [6.45, 7) is 2.11. The van der Waals surface area contributed by atoms with Gasteiger partial charge in [-0.25, -0.2) is 4.98 Å². The van der Waals surface area contributed by atoms with E-state index in [0.29, 0.717) is 24.6 Å². The predicted octanol–water partition coefficient (Wildman–Crippen LogP) is 3.16. The minimum absolute atomic E-state index is 0.0584. The van der Waals surface area contributed by atoms with Crippen molar-refractivity contribution < 1.29 is 19.0 Å². The molecule has 1 aliphatic rings. The second-order valence-electron chi connectivity index (χ2n) is 7.96. The molecule has 1 unspecified atom stereocenters. The lowest BCUT2D eigenvalue weighted by atomic mass is 9.97. The van der Waals surface area contributed by atoms with E-state index in [1.165, 1.54) is 0 Å². The van der Waals surface area contributed by atoms with E-state index >= 15 is 0 Å². The highest BCUT2D eigenvalue weighted by atomic mass is 16.5. The molecule has 1 aromatic heterocycles. The fourth-order valence-corrected chi connectivity index (χ4v) is 4.15. The first kappa shape index (κ1) is 21.8. The van der Waals surface area contributed by atoms with Crippen LogP contribution in [-0.2, 0) is 11.2 Å². The van der Waals surface area contributed by atoms with Crippen LogP contribution < -0.4 is 24.4 Å². The normalized spacial score (nSPS) is 16.1. The fraction of sp³-hybridized carbons (Fsp3) is 0.417. The van der Waals surface area contributed by atoms with Gasteiger partial charge in [-0.15, -0.1) is 0 Å². The number of aromatic amines is 1. The lowest BCUT2D eigenvalue weighted by Gasteiger charge is -2.31. The zero-order valence-electron chi connectivity index (χ0n) is 18.8. The summed E-state index contributed by atoms with van der Waals surface area (Å²) in [5.74, 6) is 3.02. The highest BCUT2D eigenvalue weighted by Gasteiger charge is 2.27. The standard InChI is InChI=1S/C24H30N4O4/c1-30-18-7-8-19-20(14-18)27-24(26-19)28-12-4-5-17(15-28)23(29)25-11-10-16-6-9-21(31-2)22(13-16)32-3/h6-9,13-14,17H,4-5,10-12,15H2,1-3H3,(H,25,29)(H,26,27). The van der Waals surface area contributed by atoms with Crippen LogP contribution in [0.4, 0.5) is 5.95 Å². The molecule has 32 heavy (non-hydrogen) atoms. The number of ether oxygens (including phenoxy) is 3. The third-order valence-electron chi connectivity index (χ3n) is 5.93. The second kappa shape index (κ2) is 9.80. The Labute approximate surface area is 187 Å². The Morgan fingerprint density at radius 2 is 1.97 bits per heavy atom. The lowest BCUT2D eigenvalue weighted by molar-refractivity contribution is -0.125. The van der Waals surface area contributed by atoms with Crippen LogP contribution in [0, 0.1) is 5.92 Å². The van der Waals surface area contributed by atoms with Crippen molar-refractivity contribution in [1.82, 2.24) is 15.3 Å². The van der Waals surface area contributed by atoms with E-state index in [1.807, 2.05) is 36.4 Å². The average molecular weight is 439 g/mol. The number of benzene rings is 2. The maximum absolute atomic E-state index is 12.8. The van der Waals surface area contributed by atoms with Crippen molar-refractivity contribution in [2.75, 3.05) is 45.9 Å². The van der Waals surface area contributed by atoms with Gasteiger partial charge >= 0.3 is 0 Å². The molecule has 4 rings (SSSR count). The molecule has 3 aromatic rings. The number of carbonyl (C=O) groups excluding carboxylic acids is 1. The maximum Gasteiger partial charge on any atom is 0.224 e. The van der Waals surface area contributed by atoms with Gasteiger partial charge in [0.25, 0.3) is 0 Å². The van der Waals surface area contributed by atoms with Crippen molar-refractivity contribution in [3.63, 3.8) is 0 Å². The first-order valence-corrected chi connectivity index (χ1v) is 10.9. The number of carbonyl (C=O) groups is 1. The molecular formula is C24H30N4O4. The Balaban J connectivity index is 1.33. The quantitative estimate of drug-likeness (QED) is 0.562. The molecule has 8 heteroatoms. The number of anilines is 1. The number of hydrogen-bond acceptors (Lipinski definition) is 6. The minimum atomic E-state index is -0.0584. The van der Waals surface area contributed by atoms with E-state index in [9.17, 15) is 4.79 Å². The van der Waals surface area contributed by atoms with Crippen molar-refractivity contribution in [2.45, 2.75) is 19.3 Å². The molecule has 1 amide bonds. The van der Waals surface area contributed by atoms with Crippen LogP contribution in [0.25, 0.3) is 11.0 Å². The Hall–Kier alpha value is -3.42. The van der Waals surface area contributed by atoms with Crippen molar-refractivity contribution in [2.24, 2.45) is 5.92 Å². The molecule has 0 bridgehead atoms. The van der Waals surface area contributed by atoms with Gasteiger partial charge in [0.2, 0.25) is 11.9 Å². The van der Waals surface area contributed by atoms with Gasteiger partial charge in [-0.3, -0.25) is 4.79 Å². The van der Waals surface area contributed by atoms with Crippen LogP contribution in [0.5, 0.6) is 17.2 Å². The average Bonchev–Trinajstić information content (AvgIpc) is 3.27. The van der Waals surface area contributed by atoms with Crippen molar-refractivity contribution in [3.8, 4) is 17.2 Å². The number of fused-ring (bicyclic) bond motifs is 1. The van der Waals surface area contributed by atoms with Crippen LogP contribution >= 0.6 is 0 Å². The molecule has 2 aromatic carbocycles. The molecule has 170 valence electrons. The molecule has 1 atom stereocenters. The lowest BCUT2D eigenvalue weighted by Crippen LogP contribution is -2.43. The van der Waals surface area contributed by atoms with E-state index < -0.39 is 0 Å². The Morgan fingerprint density at radius 3 is 2.75 bits per heavy atom. The van der Waals surface area contributed by atoms with Crippen LogP contribution in [0.2, 0.25) is 0 Å². The van der Waals surface area contributed by atoms with E-state index in [-0.39, 0.29) is 11.8 Å². The summed E-state index contributed by atoms with van der Waals surface area (Å²) in [6.07, 6.45) is 2.56. The number of imidazole rings is 1. The third kappa shape index (κ3) is 4.74. The summed E-state index contributed by atoms with van der Waals surface area (Å²) in [6, 6.07) is 11.6. The zero-order valence-corrected chi connectivity index (χ0v) is 18.8. The molecular weight excluding hydrogens is 408 g/mol. The molecule has 0 aliphatic carbocycles. The molecule has 2 heterocycles. The van der Waals surface area contributed by atoms with E-state index in [1.54, 1.807) is 21.3 Å². The van der Waals surface area contributed by atoms with Gasteiger partial charge in [-0.2, -0.15) is 0 Å².